The van der Waals surface area contributed by atoms with Gasteiger partial charge in [-0.05, 0) is 42.8 Å². The maximum absolute atomic E-state index is 12.5. The molecule has 0 amide bonds. The first-order valence-corrected chi connectivity index (χ1v) is 11.1. The number of imidazole rings is 1. The van der Waals surface area contributed by atoms with Crippen LogP contribution in [0.15, 0.2) is 48.8 Å². The number of halogens is 3. The Morgan fingerprint density at radius 1 is 1.08 bits per heavy atom. The van der Waals surface area contributed by atoms with E-state index in [4.69, 9.17) is 14.2 Å². The predicted molar refractivity (Wildman–Crippen MR) is 122 cm³/mol. The van der Waals surface area contributed by atoms with E-state index in [1.54, 1.807) is 24.7 Å². The van der Waals surface area contributed by atoms with Crippen LogP contribution in [0.5, 0.6) is 17.4 Å². The Hall–Kier alpha value is -4.55. The summed E-state index contributed by atoms with van der Waals surface area (Å²) in [5.41, 5.74) is 2.66. The van der Waals surface area contributed by atoms with Crippen LogP contribution in [0.1, 0.15) is 24.0 Å². The first-order chi connectivity index (χ1) is 17.8. The maximum Gasteiger partial charge on any atom is 0.573 e. The molecule has 0 aliphatic carbocycles. The van der Waals surface area contributed by atoms with Crippen molar-refractivity contribution in [2.45, 2.75) is 26.3 Å². The topological polar surface area (TPSA) is 103 Å². The number of aromatic nitrogens is 5. The van der Waals surface area contributed by atoms with Gasteiger partial charge in [-0.3, -0.25) is 4.57 Å². The van der Waals surface area contributed by atoms with Crippen LogP contribution < -0.4 is 14.2 Å². The second-order valence-corrected chi connectivity index (χ2v) is 7.93. The third-order valence-electron chi connectivity index (χ3n) is 5.63. The Balaban J connectivity index is 1.54. The van der Waals surface area contributed by atoms with E-state index >= 15 is 0 Å². The summed E-state index contributed by atoms with van der Waals surface area (Å²) in [5, 5.41) is 8.74. The van der Waals surface area contributed by atoms with Gasteiger partial charge in [-0.1, -0.05) is 12.1 Å². The zero-order chi connectivity index (χ0) is 26.2. The zero-order valence-electron chi connectivity index (χ0n) is 19.7. The van der Waals surface area contributed by atoms with Gasteiger partial charge in [0.25, 0.3) is 0 Å². The smallest absolute Gasteiger partial charge is 0.497 e. The van der Waals surface area contributed by atoms with Crippen molar-refractivity contribution in [2.75, 3.05) is 13.7 Å². The van der Waals surface area contributed by atoms with Crippen molar-refractivity contribution in [1.29, 1.82) is 0 Å². The molecule has 37 heavy (non-hydrogen) atoms. The fourth-order valence-electron chi connectivity index (χ4n) is 4.02. The number of alkyl halides is 3. The Morgan fingerprint density at radius 2 is 1.84 bits per heavy atom. The number of benzene rings is 2. The van der Waals surface area contributed by atoms with Gasteiger partial charge in [0.1, 0.15) is 29.3 Å². The number of carbonyl (C=O) groups is 1. The first-order valence-electron chi connectivity index (χ1n) is 11.1. The molecule has 0 radical (unpaired) electrons. The number of rotatable bonds is 6. The largest absolute Gasteiger partial charge is 0.573 e. The monoisotopic (exact) mass is 515 g/mol. The molecule has 0 N–H and O–H groups in total. The van der Waals surface area contributed by atoms with Crippen LogP contribution in [-0.2, 0) is 17.7 Å². The summed E-state index contributed by atoms with van der Waals surface area (Å²) in [7, 11) is 1.55. The average molecular weight is 515 g/mol. The van der Waals surface area contributed by atoms with Crippen molar-refractivity contribution >= 4 is 6.16 Å². The normalized spacial score (nSPS) is 12.1. The van der Waals surface area contributed by atoms with Crippen LogP contribution >= 0.6 is 0 Å². The summed E-state index contributed by atoms with van der Waals surface area (Å²) >= 11 is 0. The lowest BCUT2D eigenvalue weighted by molar-refractivity contribution is -0.274. The molecule has 2 aromatic carbocycles. The number of fused-ring (bicyclic) bond motifs is 5. The highest BCUT2D eigenvalue weighted by Crippen LogP contribution is 2.36. The molecule has 0 saturated heterocycles. The number of ether oxygens (including phenoxy) is 4. The third-order valence-corrected chi connectivity index (χ3v) is 5.63. The van der Waals surface area contributed by atoms with Gasteiger partial charge >= 0.3 is 12.5 Å². The molecule has 0 spiro atoms. The maximum atomic E-state index is 12.5. The Bertz CT molecular complexity index is 1450. The fraction of sp³-hybridized carbons (Fsp3) is 0.250. The average Bonchev–Trinajstić information content (AvgIpc) is 3.39. The van der Waals surface area contributed by atoms with Crippen molar-refractivity contribution in [2.24, 2.45) is 0 Å². The number of nitrogens with zero attached hydrogens (tertiary/aromatic N) is 5. The van der Waals surface area contributed by atoms with E-state index in [-0.39, 0.29) is 31.2 Å². The number of hydrogen-bond acceptors (Lipinski definition) is 8. The lowest BCUT2D eigenvalue weighted by Crippen LogP contribution is -2.17. The number of hydrogen-bond donors (Lipinski definition) is 0. The summed E-state index contributed by atoms with van der Waals surface area (Å²) in [6, 6.07) is 10.9. The molecule has 0 fully saturated rings. The van der Waals surface area contributed by atoms with Gasteiger partial charge in [0.05, 0.1) is 25.9 Å². The molecule has 0 atom stereocenters. The molecular formula is C24H20F3N5O5. The molecule has 3 heterocycles. The van der Waals surface area contributed by atoms with Gasteiger partial charge in [0, 0.05) is 12.0 Å². The summed E-state index contributed by atoms with van der Waals surface area (Å²) in [4.78, 5) is 16.3. The lowest BCUT2D eigenvalue weighted by Gasteiger charge is -2.11. The summed E-state index contributed by atoms with van der Waals surface area (Å²) in [6.07, 6.45) is -3.85. The zero-order valence-corrected chi connectivity index (χ0v) is 19.7. The van der Waals surface area contributed by atoms with E-state index in [0.717, 1.165) is 0 Å². The molecular weight excluding hydrogens is 495 g/mol. The van der Waals surface area contributed by atoms with Crippen LogP contribution in [0.2, 0.25) is 0 Å². The lowest BCUT2D eigenvalue weighted by atomic mass is 10.1. The van der Waals surface area contributed by atoms with E-state index in [1.807, 2.05) is 16.7 Å². The van der Waals surface area contributed by atoms with E-state index in [9.17, 15) is 18.0 Å². The molecule has 13 heteroatoms. The molecule has 1 aliphatic rings. The molecule has 1 aliphatic heterocycles. The fourth-order valence-corrected chi connectivity index (χ4v) is 4.02. The highest BCUT2D eigenvalue weighted by Gasteiger charge is 2.31. The van der Waals surface area contributed by atoms with E-state index in [1.165, 1.54) is 30.6 Å². The van der Waals surface area contributed by atoms with Gasteiger partial charge in [-0.25, -0.2) is 9.78 Å². The van der Waals surface area contributed by atoms with Crippen molar-refractivity contribution in [3.63, 3.8) is 0 Å². The highest BCUT2D eigenvalue weighted by molar-refractivity contribution is 5.72. The predicted octanol–water partition coefficient (Wildman–Crippen LogP) is 4.53. The highest BCUT2D eigenvalue weighted by atomic mass is 19.4. The minimum Gasteiger partial charge on any atom is -0.497 e. The Morgan fingerprint density at radius 3 is 2.54 bits per heavy atom. The van der Waals surface area contributed by atoms with Crippen LogP contribution in [0.3, 0.4) is 0 Å². The van der Waals surface area contributed by atoms with Gasteiger partial charge in [0.15, 0.2) is 5.82 Å². The second-order valence-electron chi connectivity index (χ2n) is 7.93. The molecule has 4 aromatic rings. The quantitative estimate of drug-likeness (QED) is 0.304. The Kier molecular flexibility index (Phi) is 6.19. The molecule has 2 aromatic heterocycles. The van der Waals surface area contributed by atoms with Crippen molar-refractivity contribution < 1.29 is 36.9 Å². The second kappa shape index (κ2) is 9.48. The molecule has 0 bridgehead atoms. The number of carbonyl (C=O) groups excluding carboxylic acids is 1. The summed E-state index contributed by atoms with van der Waals surface area (Å²) in [5.74, 6) is 1.42. The molecule has 0 unspecified atom stereocenters. The summed E-state index contributed by atoms with van der Waals surface area (Å²) < 4.78 is 60.7. The molecule has 0 saturated carbocycles. The van der Waals surface area contributed by atoms with Crippen molar-refractivity contribution in [3.8, 4) is 34.5 Å². The van der Waals surface area contributed by atoms with Crippen LogP contribution in [-0.4, -0.2) is 50.5 Å². The SMILES string of the molecule is CCOC(=O)Oc1ncn2c1Cn1c(Cc3ccc(OC(F)(F)F)cc3)nnc1-c1cc(OC)ccc1-2. The first kappa shape index (κ1) is 24.2. The Labute approximate surface area is 208 Å². The van der Waals surface area contributed by atoms with E-state index < -0.39 is 12.5 Å². The van der Waals surface area contributed by atoms with Crippen LogP contribution in [0, 0.1) is 0 Å². The van der Waals surface area contributed by atoms with Crippen LogP contribution in [0.4, 0.5) is 18.0 Å². The van der Waals surface area contributed by atoms with Crippen molar-refractivity contribution in [1.82, 2.24) is 24.3 Å². The van der Waals surface area contributed by atoms with Crippen LogP contribution in [0.25, 0.3) is 17.1 Å². The van der Waals surface area contributed by atoms with E-state index in [0.29, 0.717) is 39.9 Å². The minimum absolute atomic E-state index is 0.0707. The van der Waals surface area contributed by atoms with E-state index in [2.05, 4.69) is 19.9 Å². The van der Waals surface area contributed by atoms with Gasteiger partial charge < -0.3 is 23.5 Å². The minimum atomic E-state index is -4.77. The van der Waals surface area contributed by atoms with Crippen molar-refractivity contribution in [3.05, 3.63) is 65.9 Å². The van der Waals surface area contributed by atoms with Gasteiger partial charge in [0.2, 0.25) is 5.88 Å². The molecule has 10 nitrogen and oxygen atoms in total. The summed E-state index contributed by atoms with van der Waals surface area (Å²) in [6.45, 7) is 2.00. The third kappa shape index (κ3) is 4.92. The standard InChI is InChI=1S/C24H20F3N5O5/c1-3-35-23(33)36-22-19-12-31-20(10-14-4-6-15(7-5-14)37-24(25,26)27)29-30-21(31)17-11-16(34-2)8-9-18(17)32(19)13-28-22/h4-9,11,13H,3,10,12H2,1-2H3. The molecule has 5 rings (SSSR count). The van der Waals surface area contributed by atoms with Gasteiger partial charge in [-0.15, -0.1) is 23.4 Å². The number of methoxy groups -OCH3 is 1. The molecule has 192 valence electrons. The van der Waals surface area contributed by atoms with Gasteiger partial charge in [-0.2, -0.15) is 0 Å².